The zero-order valence-corrected chi connectivity index (χ0v) is 28.4. The molecule has 13 nitrogen and oxygen atoms in total. The molecule has 12 unspecified atom stereocenters. The Hall–Kier alpha value is -1.63. The zero-order chi connectivity index (χ0) is 34.3. The molecular weight excluding hydrogens is 655 g/mol. The molecule has 5 heterocycles. The smallest absolute Gasteiger partial charge is 0.389 e. The minimum atomic E-state index is -4.31. The Morgan fingerprint density at radius 1 is 1.06 bits per heavy atom. The highest BCUT2D eigenvalue weighted by Crippen LogP contribution is 2.39. The van der Waals surface area contributed by atoms with Crippen LogP contribution in [-0.2, 0) is 14.4 Å². The Bertz CT molecular complexity index is 1180. The van der Waals surface area contributed by atoms with E-state index in [-0.39, 0.29) is 67.6 Å². The van der Waals surface area contributed by atoms with E-state index in [1.54, 1.807) is 4.90 Å². The van der Waals surface area contributed by atoms with Crippen molar-refractivity contribution in [2.45, 2.75) is 118 Å². The number of rotatable bonds is 6. The molecule has 17 heteroatoms. The van der Waals surface area contributed by atoms with Crippen LogP contribution in [0.5, 0.6) is 0 Å². The molecule has 6 aliphatic rings. The third-order valence-corrected chi connectivity index (χ3v) is 12.0. The predicted molar refractivity (Wildman–Crippen MR) is 172 cm³/mol. The van der Waals surface area contributed by atoms with Gasteiger partial charge >= 0.3 is 6.18 Å². The average molecular weight is 706 g/mol. The van der Waals surface area contributed by atoms with E-state index in [0.717, 1.165) is 19.5 Å². The normalized spacial score (nSPS) is 41.7. The second-order valence-electron chi connectivity index (χ2n) is 14.4. The summed E-state index contributed by atoms with van der Waals surface area (Å²) in [5, 5.41) is 29.6. The summed E-state index contributed by atoms with van der Waals surface area (Å²) in [6, 6.07) is -2.75. The van der Waals surface area contributed by atoms with Crippen molar-refractivity contribution in [1.82, 2.24) is 46.6 Å². The van der Waals surface area contributed by atoms with Gasteiger partial charge in [-0.3, -0.25) is 40.1 Å². The van der Waals surface area contributed by atoms with Crippen molar-refractivity contribution in [2.75, 3.05) is 52.5 Å². The van der Waals surface area contributed by atoms with Crippen molar-refractivity contribution in [1.29, 1.82) is 0 Å². The number of ketones is 1. The molecule has 2 amide bonds. The molecule has 0 spiro atoms. The van der Waals surface area contributed by atoms with Crippen molar-refractivity contribution in [3.8, 4) is 0 Å². The number of aliphatic hydroxyl groups is 1. The van der Waals surface area contributed by atoms with Gasteiger partial charge < -0.3 is 26.0 Å². The molecule has 272 valence electrons. The number of nitrogens with zero attached hydrogens (tertiary/aromatic N) is 3. The average Bonchev–Trinajstić information content (AvgIpc) is 3.06. The summed E-state index contributed by atoms with van der Waals surface area (Å²) in [7, 11) is 0. The number of carbonyl (C=O) groups excluding carboxylic acids is 3. The number of fused-ring (bicyclic) bond motifs is 2. The first-order valence-corrected chi connectivity index (χ1v) is 18.0. The zero-order valence-electron chi connectivity index (χ0n) is 27.6. The van der Waals surface area contributed by atoms with Crippen molar-refractivity contribution in [2.24, 2.45) is 5.92 Å². The summed E-state index contributed by atoms with van der Waals surface area (Å²) in [5.41, 5.74) is 0. The van der Waals surface area contributed by atoms with Crippen LogP contribution in [-0.4, -0.2) is 162 Å². The van der Waals surface area contributed by atoms with E-state index in [1.807, 2.05) is 13.8 Å². The fraction of sp³-hybridized carbons (Fsp3) is 0.903. The van der Waals surface area contributed by atoms with Crippen LogP contribution in [0.25, 0.3) is 0 Å². The third kappa shape index (κ3) is 7.38. The number of carbonyl (C=O) groups is 3. The lowest BCUT2D eigenvalue weighted by molar-refractivity contribution is -0.182. The molecular formula is C31H51ClF3N9O4. The van der Waals surface area contributed by atoms with Crippen LogP contribution in [0.2, 0.25) is 0 Å². The Balaban J connectivity index is 1.16. The number of amides is 2. The number of piperidine rings is 2. The molecule has 6 rings (SSSR count). The summed E-state index contributed by atoms with van der Waals surface area (Å²) in [5.74, 6) is -1.90. The predicted octanol–water partition coefficient (Wildman–Crippen LogP) is -1.50. The minimum Gasteiger partial charge on any atom is -0.389 e. The van der Waals surface area contributed by atoms with Crippen molar-refractivity contribution < 1.29 is 32.7 Å². The molecule has 1 aliphatic carbocycles. The quantitative estimate of drug-likeness (QED) is 0.162. The summed E-state index contributed by atoms with van der Waals surface area (Å²) in [6.07, 6.45) is -4.35. The fourth-order valence-corrected chi connectivity index (χ4v) is 9.16. The molecule has 0 bridgehead atoms. The lowest BCUT2D eigenvalue weighted by Crippen LogP contribution is -2.82. The van der Waals surface area contributed by atoms with Crippen molar-refractivity contribution >= 4 is 29.2 Å². The summed E-state index contributed by atoms with van der Waals surface area (Å²) >= 11 is 6.40. The number of alkyl halides is 4. The molecule has 7 N–H and O–H groups in total. The van der Waals surface area contributed by atoms with Gasteiger partial charge in [-0.05, 0) is 45.6 Å². The SMILES string of the molecule is CCC1C(N2CCN(C(=O)C3NCNC(C)C3O)CC2)C(=O)C2NC3CCNCC3NC2N1CC(=O)NC1CCC(C(F)(F)F)CC1Cl. The van der Waals surface area contributed by atoms with E-state index in [9.17, 15) is 32.7 Å². The van der Waals surface area contributed by atoms with Crippen LogP contribution >= 0.6 is 11.6 Å². The molecule has 0 aromatic carbocycles. The van der Waals surface area contributed by atoms with E-state index in [1.165, 1.54) is 0 Å². The number of piperazine rings is 2. The largest absolute Gasteiger partial charge is 0.391 e. The second kappa shape index (κ2) is 14.9. The highest BCUT2D eigenvalue weighted by Gasteiger charge is 2.55. The second-order valence-corrected chi connectivity index (χ2v) is 15.0. The topological polar surface area (TPSA) is 153 Å². The number of hydrogen-bond acceptors (Lipinski definition) is 11. The molecule has 6 fully saturated rings. The highest BCUT2D eigenvalue weighted by molar-refractivity contribution is 6.21. The third-order valence-electron chi connectivity index (χ3n) is 11.5. The Labute approximate surface area is 284 Å². The standard InChI is InChI=1S/C31H51ClF3N9O4/c1-3-22-26(42-8-10-43(11-9-42)30(48)25-27(46)16(2)37-15-38-25)28(47)24-29(41-21-13-36-7-6-20(21)40-24)44(22)14-23(45)39-19-5-4-17(12-18(19)32)31(33,34)35/h16-22,24-27,29,36-38,40-41,46H,3-15H2,1-2H3,(H,39,45). The maximum atomic E-state index is 14.4. The molecule has 1 saturated carbocycles. The highest BCUT2D eigenvalue weighted by atomic mass is 35.5. The van der Waals surface area contributed by atoms with E-state index < -0.39 is 53.9 Å². The molecule has 5 aliphatic heterocycles. The van der Waals surface area contributed by atoms with Crippen LogP contribution in [0.15, 0.2) is 0 Å². The number of aliphatic hydroxyl groups excluding tert-OH is 1. The van der Waals surface area contributed by atoms with Crippen molar-refractivity contribution in [3.05, 3.63) is 0 Å². The minimum absolute atomic E-state index is 0.0400. The molecule has 48 heavy (non-hydrogen) atoms. The molecule has 0 aromatic heterocycles. The van der Waals surface area contributed by atoms with Crippen LogP contribution in [0.3, 0.4) is 0 Å². The van der Waals surface area contributed by atoms with Gasteiger partial charge in [0.2, 0.25) is 11.8 Å². The summed E-state index contributed by atoms with van der Waals surface area (Å²) in [6.45, 7) is 7.52. The van der Waals surface area contributed by atoms with Crippen LogP contribution < -0.4 is 31.9 Å². The molecule has 12 atom stereocenters. The lowest BCUT2D eigenvalue weighted by atomic mass is 9.82. The van der Waals surface area contributed by atoms with Crippen molar-refractivity contribution in [3.63, 3.8) is 0 Å². The van der Waals surface area contributed by atoms with Gasteiger partial charge in [0.15, 0.2) is 5.78 Å². The first-order chi connectivity index (χ1) is 22.9. The Morgan fingerprint density at radius 2 is 1.81 bits per heavy atom. The van der Waals surface area contributed by atoms with Crippen LogP contribution in [0, 0.1) is 5.92 Å². The number of likely N-dealkylation sites (tertiary alicyclic amines) is 1. The van der Waals surface area contributed by atoms with E-state index in [0.29, 0.717) is 39.3 Å². The summed E-state index contributed by atoms with van der Waals surface area (Å²) in [4.78, 5) is 47.4. The maximum Gasteiger partial charge on any atom is 0.391 e. The first kappa shape index (κ1) is 36.2. The molecule has 5 saturated heterocycles. The van der Waals surface area contributed by atoms with Gasteiger partial charge in [-0.15, -0.1) is 11.6 Å². The van der Waals surface area contributed by atoms with E-state index in [4.69, 9.17) is 11.6 Å². The van der Waals surface area contributed by atoms with Gasteiger partial charge in [0.05, 0.1) is 42.2 Å². The first-order valence-electron chi connectivity index (χ1n) is 17.6. The van der Waals surface area contributed by atoms with E-state index in [2.05, 4.69) is 41.7 Å². The van der Waals surface area contributed by atoms with Crippen LogP contribution in [0.1, 0.15) is 46.0 Å². The lowest BCUT2D eigenvalue weighted by Gasteiger charge is -2.57. The fourth-order valence-electron chi connectivity index (χ4n) is 8.76. The van der Waals surface area contributed by atoms with Gasteiger partial charge in [-0.2, -0.15) is 13.2 Å². The number of hydrogen-bond donors (Lipinski definition) is 7. The number of Topliss-reactive ketones (excluding diaryl/α,β-unsaturated/α-hetero) is 1. The molecule has 0 aromatic rings. The van der Waals surface area contributed by atoms with Gasteiger partial charge in [-0.25, -0.2) is 0 Å². The number of halogens is 4. The Morgan fingerprint density at radius 3 is 2.50 bits per heavy atom. The number of nitrogens with one attached hydrogen (secondary N) is 6. The van der Waals surface area contributed by atoms with Gasteiger partial charge in [0.1, 0.15) is 6.04 Å². The Kier molecular flexibility index (Phi) is 11.2. The summed E-state index contributed by atoms with van der Waals surface area (Å²) < 4.78 is 40.0. The molecule has 0 radical (unpaired) electrons. The monoisotopic (exact) mass is 705 g/mol. The maximum absolute atomic E-state index is 14.4. The van der Waals surface area contributed by atoms with E-state index >= 15 is 0 Å². The van der Waals surface area contributed by atoms with Gasteiger partial charge in [0, 0.05) is 69.6 Å². The van der Waals surface area contributed by atoms with Gasteiger partial charge in [-0.1, -0.05) is 6.92 Å². The van der Waals surface area contributed by atoms with Crippen LogP contribution in [0.4, 0.5) is 13.2 Å². The van der Waals surface area contributed by atoms with Gasteiger partial charge in [0.25, 0.3) is 0 Å².